The molecule has 0 radical (unpaired) electrons. The van der Waals surface area contributed by atoms with Crippen molar-refractivity contribution in [2.45, 2.75) is 6.18 Å². The number of hydrogen-bond donors (Lipinski definition) is 0. The molecule has 0 aliphatic heterocycles. The van der Waals surface area contributed by atoms with E-state index in [9.17, 15) is 22.4 Å². The molecule has 26 heavy (non-hydrogen) atoms. The predicted octanol–water partition coefficient (Wildman–Crippen LogP) is 4.60. The Morgan fingerprint density at radius 3 is 2.04 bits per heavy atom. The Morgan fingerprint density at radius 2 is 1.50 bits per heavy atom. The number of hydrogen-bond acceptors (Lipinski definition) is 4. The lowest BCUT2D eigenvalue weighted by Gasteiger charge is -2.12. The molecule has 0 atom stereocenters. The van der Waals surface area contributed by atoms with E-state index in [1.165, 1.54) is 32.4 Å². The van der Waals surface area contributed by atoms with Gasteiger partial charge in [0.2, 0.25) is 0 Å². The molecule has 0 saturated heterocycles. The van der Waals surface area contributed by atoms with E-state index < -0.39 is 23.7 Å². The quantitative estimate of drug-likeness (QED) is 0.438. The van der Waals surface area contributed by atoms with E-state index >= 15 is 0 Å². The molecule has 2 aromatic carbocycles. The van der Waals surface area contributed by atoms with E-state index in [1.54, 1.807) is 0 Å². The van der Waals surface area contributed by atoms with Crippen molar-refractivity contribution in [2.75, 3.05) is 14.2 Å². The summed E-state index contributed by atoms with van der Waals surface area (Å²) in [6.45, 7) is 0. The molecule has 0 fully saturated rings. The van der Waals surface area contributed by atoms with Gasteiger partial charge >= 0.3 is 12.1 Å². The van der Waals surface area contributed by atoms with Crippen LogP contribution in [0.25, 0.3) is 5.76 Å². The number of methoxy groups -OCH3 is 2. The van der Waals surface area contributed by atoms with Gasteiger partial charge in [0, 0.05) is 5.56 Å². The summed E-state index contributed by atoms with van der Waals surface area (Å²) < 4.78 is 66.2. The molecular weight excluding hydrogens is 356 g/mol. The van der Waals surface area contributed by atoms with E-state index in [4.69, 9.17) is 14.2 Å². The fourth-order valence-corrected chi connectivity index (χ4v) is 2.06. The zero-order chi connectivity index (χ0) is 19.3. The summed E-state index contributed by atoms with van der Waals surface area (Å²) in [5.41, 5.74) is -0.143. The zero-order valence-corrected chi connectivity index (χ0v) is 13.8. The van der Waals surface area contributed by atoms with E-state index in [1.807, 2.05) is 0 Å². The molecule has 0 N–H and O–H groups in total. The summed E-state index contributed by atoms with van der Waals surface area (Å²) in [6, 6.07) is 8.09. The third-order valence-corrected chi connectivity index (χ3v) is 3.25. The van der Waals surface area contributed by atoms with Crippen molar-refractivity contribution >= 4 is 11.7 Å². The SMILES string of the molecule is COc1ccc(C(=O)O/C(=C/C(F)(F)F)c2ccc(F)cc2)cc1OC. The van der Waals surface area contributed by atoms with Gasteiger partial charge in [-0.15, -0.1) is 0 Å². The molecule has 4 nitrogen and oxygen atoms in total. The summed E-state index contributed by atoms with van der Waals surface area (Å²) in [7, 11) is 2.75. The van der Waals surface area contributed by atoms with Gasteiger partial charge in [0.05, 0.1) is 25.9 Å². The highest BCUT2D eigenvalue weighted by Crippen LogP contribution is 2.30. The van der Waals surface area contributed by atoms with Crippen molar-refractivity contribution in [1.82, 2.24) is 0 Å². The number of ether oxygens (including phenoxy) is 3. The molecule has 0 bridgehead atoms. The number of carbonyl (C=O) groups is 1. The second-order valence-corrected chi connectivity index (χ2v) is 5.02. The molecule has 0 heterocycles. The van der Waals surface area contributed by atoms with Gasteiger partial charge in [-0.25, -0.2) is 9.18 Å². The van der Waals surface area contributed by atoms with E-state index in [-0.39, 0.29) is 23.0 Å². The number of allylic oxidation sites excluding steroid dienone is 1. The summed E-state index contributed by atoms with van der Waals surface area (Å²) in [5.74, 6) is -1.87. The topological polar surface area (TPSA) is 44.8 Å². The lowest BCUT2D eigenvalue weighted by Crippen LogP contribution is -2.10. The van der Waals surface area contributed by atoms with Gasteiger partial charge in [0.15, 0.2) is 11.5 Å². The maximum absolute atomic E-state index is 13.0. The van der Waals surface area contributed by atoms with Gasteiger partial charge < -0.3 is 14.2 Å². The van der Waals surface area contributed by atoms with Crippen LogP contribution < -0.4 is 9.47 Å². The Morgan fingerprint density at radius 1 is 0.923 bits per heavy atom. The fourth-order valence-electron chi connectivity index (χ4n) is 2.06. The molecule has 0 aliphatic carbocycles. The maximum Gasteiger partial charge on any atom is 0.413 e. The first kappa shape index (κ1) is 19.3. The number of alkyl halides is 3. The van der Waals surface area contributed by atoms with Crippen LogP contribution in [0.5, 0.6) is 11.5 Å². The number of esters is 1. The number of halogens is 4. The minimum atomic E-state index is -4.73. The Labute approximate surface area is 146 Å². The van der Waals surface area contributed by atoms with Crippen molar-refractivity contribution in [2.24, 2.45) is 0 Å². The van der Waals surface area contributed by atoms with Crippen molar-refractivity contribution in [3.8, 4) is 11.5 Å². The van der Waals surface area contributed by atoms with E-state index in [0.29, 0.717) is 5.75 Å². The smallest absolute Gasteiger partial charge is 0.413 e. The molecule has 2 rings (SSSR count). The molecule has 0 amide bonds. The lowest BCUT2D eigenvalue weighted by atomic mass is 10.1. The highest BCUT2D eigenvalue weighted by atomic mass is 19.4. The maximum atomic E-state index is 13.0. The molecule has 0 saturated carbocycles. The van der Waals surface area contributed by atoms with Gasteiger partial charge in [0.25, 0.3) is 0 Å². The van der Waals surface area contributed by atoms with Crippen LogP contribution in [0, 0.1) is 5.82 Å². The lowest BCUT2D eigenvalue weighted by molar-refractivity contribution is -0.0802. The Balaban J connectivity index is 2.35. The van der Waals surface area contributed by atoms with Crippen molar-refractivity contribution < 1.29 is 36.6 Å². The fraction of sp³-hybridized carbons (Fsp3) is 0.167. The first-order valence-electron chi connectivity index (χ1n) is 7.23. The highest BCUT2D eigenvalue weighted by molar-refractivity contribution is 5.93. The molecule has 2 aromatic rings. The highest BCUT2D eigenvalue weighted by Gasteiger charge is 2.27. The number of rotatable bonds is 5. The Kier molecular flexibility index (Phi) is 5.86. The number of benzene rings is 2. The third kappa shape index (κ3) is 4.98. The first-order valence-corrected chi connectivity index (χ1v) is 7.23. The van der Waals surface area contributed by atoms with Gasteiger partial charge in [-0.2, -0.15) is 13.2 Å². The van der Waals surface area contributed by atoms with Gasteiger partial charge in [-0.05, 0) is 42.5 Å². The third-order valence-electron chi connectivity index (χ3n) is 3.25. The largest absolute Gasteiger partial charge is 0.493 e. The van der Waals surface area contributed by atoms with Crippen LogP contribution in [0.3, 0.4) is 0 Å². The van der Waals surface area contributed by atoms with Gasteiger partial charge in [0.1, 0.15) is 11.6 Å². The monoisotopic (exact) mass is 370 g/mol. The summed E-state index contributed by atoms with van der Waals surface area (Å²) in [6.07, 6.45) is -4.90. The second-order valence-electron chi connectivity index (χ2n) is 5.02. The number of carbonyl (C=O) groups excluding carboxylic acids is 1. The van der Waals surface area contributed by atoms with Gasteiger partial charge in [-0.3, -0.25) is 0 Å². The minimum Gasteiger partial charge on any atom is -0.493 e. The van der Waals surface area contributed by atoms with Crippen LogP contribution in [-0.4, -0.2) is 26.4 Å². The van der Waals surface area contributed by atoms with Crippen LogP contribution in [-0.2, 0) is 4.74 Å². The van der Waals surface area contributed by atoms with Crippen molar-refractivity contribution in [1.29, 1.82) is 0 Å². The molecule has 0 aromatic heterocycles. The Hall–Kier alpha value is -3.03. The average molecular weight is 370 g/mol. The van der Waals surface area contributed by atoms with E-state index in [0.717, 1.165) is 24.3 Å². The second kappa shape index (κ2) is 7.90. The summed E-state index contributed by atoms with van der Waals surface area (Å²) in [4.78, 5) is 12.2. The molecule has 138 valence electrons. The summed E-state index contributed by atoms with van der Waals surface area (Å²) >= 11 is 0. The van der Waals surface area contributed by atoms with E-state index in [2.05, 4.69) is 0 Å². The molecular formula is C18H14F4O4. The summed E-state index contributed by atoms with van der Waals surface area (Å²) in [5, 5.41) is 0. The molecule has 0 unspecified atom stereocenters. The minimum absolute atomic E-state index is 0.0437. The van der Waals surface area contributed by atoms with Gasteiger partial charge in [-0.1, -0.05) is 0 Å². The van der Waals surface area contributed by atoms with Crippen LogP contribution >= 0.6 is 0 Å². The predicted molar refractivity (Wildman–Crippen MR) is 85.4 cm³/mol. The Bertz CT molecular complexity index is 811. The van der Waals surface area contributed by atoms with Crippen molar-refractivity contribution in [3.63, 3.8) is 0 Å². The van der Waals surface area contributed by atoms with Crippen LogP contribution in [0.1, 0.15) is 15.9 Å². The normalized spacial score (nSPS) is 11.8. The molecule has 0 spiro atoms. The average Bonchev–Trinajstić information content (AvgIpc) is 2.60. The van der Waals surface area contributed by atoms with Crippen LogP contribution in [0.2, 0.25) is 0 Å². The molecule has 8 heteroatoms. The van der Waals surface area contributed by atoms with Crippen molar-refractivity contribution in [3.05, 3.63) is 65.5 Å². The first-order chi connectivity index (χ1) is 12.2. The zero-order valence-electron chi connectivity index (χ0n) is 13.8. The van der Waals surface area contributed by atoms with Crippen LogP contribution in [0.4, 0.5) is 17.6 Å². The standard InChI is InChI=1S/C18H14F4O4/c1-24-14-8-5-12(9-15(14)25-2)17(23)26-16(10-18(20,21)22)11-3-6-13(19)7-4-11/h3-10H,1-2H3/b16-10+. The molecule has 0 aliphatic rings. The van der Waals surface area contributed by atoms with Crippen LogP contribution in [0.15, 0.2) is 48.5 Å².